The highest BCUT2D eigenvalue weighted by atomic mass is 32.2. The van der Waals surface area contributed by atoms with E-state index in [-0.39, 0.29) is 10.3 Å². The Balaban J connectivity index is 2.25. The van der Waals surface area contributed by atoms with Gasteiger partial charge in [-0.1, -0.05) is 39.0 Å². The maximum atomic E-state index is 12.5. The number of carbonyl (C=O) groups is 1. The van der Waals surface area contributed by atoms with Crippen molar-refractivity contribution in [3.05, 3.63) is 30.5 Å². The molecule has 0 fully saturated rings. The summed E-state index contributed by atoms with van der Waals surface area (Å²) in [6, 6.07) is 6.48. The van der Waals surface area contributed by atoms with Crippen LogP contribution in [0.1, 0.15) is 27.2 Å². The first-order valence-corrected chi connectivity index (χ1v) is 8.92. The minimum Gasteiger partial charge on any atom is -0.360 e. The first kappa shape index (κ1) is 17.5. The van der Waals surface area contributed by atoms with Crippen LogP contribution in [-0.2, 0) is 14.8 Å². The monoisotopic (exact) mass is 337 g/mol. The van der Waals surface area contributed by atoms with Crippen molar-refractivity contribution in [3.8, 4) is 0 Å². The van der Waals surface area contributed by atoms with Crippen molar-refractivity contribution in [3.63, 3.8) is 0 Å². The number of sulfonamides is 1. The molecule has 1 heterocycles. The Hall–Kier alpha value is -1.86. The van der Waals surface area contributed by atoms with Crippen LogP contribution >= 0.6 is 0 Å². The smallest absolute Gasteiger partial charge is 0.266 e. The summed E-state index contributed by atoms with van der Waals surface area (Å²) in [5.41, 5.74) is 0.607. The number of likely N-dealkylation sites (N-methyl/N-ethyl adjacent to an activating group) is 1. The number of hydrogen-bond acceptors (Lipinski definition) is 4. The lowest BCUT2D eigenvalue weighted by atomic mass is 9.88. The van der Waals surface area contributed by atoms with E-state index in [0.717, 1.165) is 0 Å². The number of carbonyl (C=O) groups excluding carboxylic acids is 1. The third kappa shape index (κ3) is 4.11. The van der Waals surface area contributed by atoms with E-state index in [2.05, 4.69) is 15.0 Å². The molecule has 0 spiro atoms. The highest BCUT2D eigenvalue weighted by Gasteiger charge is 2.28. The van der Waals surface area contributed by atoms with Crippen LogP contribution in [0.4, 0.5) is 0 Å². The van der Waals surface area contributed by atoms with Gasteiger partial charge in [-0.25, -0.2) is 13.1 Å². The quantitative estimate of drug-likeness (QED) is 0.778. The van der Waals surface area contributed by atoms with E-state index in [1.54, 1.807) is 25.2 Å². The number of H-pyrrole nitrogens is 1. The van der Waals surface area contributed by atoms with Gasteiger partial charge in [0.2, 0.25) is 0 Å². The fourth-order valence-electron chi connectivity index (χ4n) is 2.46. The highest BCUT2D eigenvalue weighted by Crippen LogP contribution is 2.23. The standard InChI is InChI=1S/C16H23N3O3S/c1-16(2,3)9-13(17-4)15(20)19-23(21,22)14-10-18-12-8-6-5-7-11(12)14/h5-8,10,13,17-18H,9H2,1-4H3,(H,19,20). The molecule has 1 amide bonds. The van der Waals surface area contributed by atoms with Gasteiger partial charge in [-0.15, -0.1) is 0 Å². The molecule has 0 aliphatic heterocycles. The average Bonchev–Trinajstić information content (AvgIpc) is 2.88. The Morgan fingerprint density at radius 1 is 1.26 bits per heavy atom. The molecular formula is C16H23N3O3S. The summed E-state index contributed by atoms with van der Waals surface area (Å²) in [6.45, 7) is 6.00. The Morgan fingerprint density at radius 2 is 1.91 bits per heavy atom. The van der Waals surface area contributed by atoms with Crippen LogP contribution < -0.4 is 10.0 Å². The van der Waals surface area contributed by atoms with Gasteiger partial charge < -0.3 is 10.3 Å². The predicted molar refractivity (Wildman–Crippen MR) is 90.5 cm³/mol. The first-order chi connectivity index (χ1) is 10.6. The molecule has 23 heavy (non-hydrogen) atoms. The van der Waals surface area contributed by atoms with Crippen molar-refractivity contribution in [1.82, 2.24) is 15.0 Å². The third-order valence-electron chi connectivity index (χ3n) is 3.56. The van der Waals surface area contributed by atoms with Crippen molar-refractivity contribution >= 4 is 26.8 Å². The van der Waals surface area contributed by atoms with Crippen molar-refractivity contribution in [2.75, 3.05) is 7.05 Å². The predicted octanol–water partition coefficient (Wildman–Crippen LogP) is 2.00. The minimum absolute atomic E-state index is 0.0760. The largest absolute Gasteiger partial charge is 0.360 e. The minimum atomic E-state index is -3.92. The number of aromatic amines is 1. The van der Waals surface area contributed by atoms with Gasteiger partial charge in [0.1, 0.15) is 4.90 Å². The van der Waals surface area contributed by atoms with Gasteiger partial charge in [0.05, 0.1) is 6.04 Å². The second-order valence-corrected chi connectivity index (χ2v) is 8.43. The lowest BCUT2D eigenvalue weighted by Crippen LogP contribution is -2.46. The number of para-hydroxylation sites is 1. The molecule has 0 aliphatic carbocycles. The molecule has 0 radical (unpaired) electrons. The summed E-state index contributed by atoms with van der Waals surface area (Å²) in [5, 5.41) is 3.44. The topological polar surface area (TPSA) is 91.1 Å². The number of amides is 1. The Bertz CT molecular complexity index is 803. The van der Waals surface area contributed by atoms with Gasteiger partial charge in [-0.05, 0) is 24.9 Å². The zero-order valence-corrected chi connectivity index (χ0v) is 14.6. The van der Waals surface area contributed by atoms with Gasteiger partial charge in [-0.3, -0.25) is 4.79 Å². The molecule has 6 nitrogen and oxygen atoms in total. The maximum absolute atomic E-state index is 12.5. The number of rotatable bonds is 5. The summed E-state index contributed by atoms with van der Waals surface area (Å²) in [7, 11) is -2.28. The number of nitrogens with one attached hydrogen (secondary N) is 3. The number of fused-ring (bicyclic) bond motifs is 1. The van der Waals surface area contributed by atoms with Gasteiger partial charge >= 0.3 is 0 Å². The van der Waals surface area contributed by atoms with Gasteiger partial charge in [0.25, 0.3) is 15.9 Å². The van der Waals surface area contributed by atoms with Crippen molar-refractivity contribution in [2.45, 2.75) is 38.1 Å². The lowest BCUT2D eigenvalue weighted by molar-refractivity contribution is -0.121. The van der Waals surface area contributed by atoms with E-state index < -0.39 is 22.0 Å². The van der Waals surface area contributed by atoms with Gasteiger partial charge in [0.15, 0.2) is 0 Å². The van der Waals surface area contributed by atoms with E-state index in [1.807, 2.05) is 26.8 Å². The second-order valence-electron chi connectivity index (χ2n) is 6.77. The highest BCUT2D eigenvalue weighted by molar-refractivity contribution is 7.90. The van der Waals surface area contributed by atoms with Crippen LogP contribution in [0, 0.1) is 5.41 Å². The zero-order chi connectivity index (χ0) is 17.3. The van der Waals surface area contributed by atoms with Gasteiger partial charge in [0, 0.05) is 17.1 Å². The number of hydrogen-bond donors (Lipinski definition) is 3. The molecule has 2 aromatic rings. The van der Waals surface area contributed by atoms with E-state index in [0.29, 0.717) is 17.3 Å². The summed E-state index contributed by atoms with van der Waals surface area (Å²) >= 11 is 0. The van der Waals surface area contributed by atoms with Crippen LogP contribution in [0.5, 0.6) is 0 Å². The van der Waals surface area contributed by atoms with Crippen molar-refractivity contribution in [2.24, 2.45) is 5.41 Å². The van der Waals surface area contributed by atoms with Crippen LogP contribution in [0.2, 0.25) is 0 Å². The Kier molecular flexibility index (Phi) is 4.81. The molecule has 0 saturated heterocycles. The van der Waals surface area contributed by atoms with E-state index in [4.69, 9.17) is 0 Å². The molecule has 1 unspecified atom stereocenters. The second kappa shape index (κ2) is 6.33. The fraction of sp³-hybridized carbons (Fsp3) is 0.438. The average molecular weight is 337 g/mol. The van der Waals surface area contributed by atoms with E-state index >= 15 is 0 Å². The maximum Gasteiger partial charge on any atom is 0.266 e. The van der Waals surface area contributed by atoms with Crippen LogP contribution in [0.25, 0.3) is 10.9 Å². The molecule has 1 atom stereocenters. The Labute approximate surface area is 136 Å². The summed E-state index contributed by atoms with van der Waals surface area (Å²) in [5.74, 6) is -0.548. The molecule has 2 rings (SSSR count). The van der Waals surface area contributed by atoms with Crippen LogP contribution in [-0.4, -0.2) is 32.4 Å². The molecule has 1 aromatic heterocycles. The SMILES string of the molecule is CNC(CC(C)(C)C)C(=O)NS(=O)(=O)c1c[nH]c2ccccc12. The Morgan fingerprint density at radius 3 is 2.52 bits per heavy atom. The third-order valence-corrected chi connectivity index (χ3v) is 4.94. The summed E-state index contributed by atoms with van der Waals surface area (Å²) in [4.78, 5) is 15.3. The molecule has 7 heteroatoms. The van der Waals surface area contributed by atoms with Crippen LogP contribution in [0.15, 0.2) is 35.4 Å². The summed E-state index contributed by atoms with van der Waals surface area (Å²) < 4.78 is 27.2. The van der Waals surface area contributed by atoms with E-state index in [9.17, 15) is 13.2 Å². The number of benzene rings is 1. The normalized spacial score (nSPS) is 13.9. The van der Waals surface area contributed by atoms with Crippen molar-refractivity contribution in [1.29, 1.82) is 0 Å². The van der Waals surface area contributed by atoms with Crippen LogP contribution in [0.3, 0.4) is 0 Å². The number of aromatic nitrogens is 1. The molecule has 126 valence electrons. The fourth-order valence-corrected chi connectivity index (χ4v) is 3.66. The van der Waals surface area contributed by atoms with Crippen molar-refractivity contribution < 1.29 is 13.2 Å². The first-order valence-electron chi connectivity index (χ1n) is 7.44. The molecule has 1 aromatic carbocycles. The van der Waals surface area contributed by atoms with E-state index in [1.165, 1.54) is 6.20 Å². The molecule has 0 aliphatic rings. The molecule has 3 N–H and O–H groups in total. The molecule has 0 bridgehead atoms. The molecule has 0 saturated carbocycles. The van der Waals surface area contributed by atoms with Gasteiger partial charge in [-0.2, -0.15) is 0 Å². The molecular weight excluding hydrogens is 314 g/mol. The summed E-state index contributed by atoms with van der Waals surface area (Å²) in [6.07, 6.45) is 1.93. The lowest BCUT2D eigenvalue weighted by Gasteiger charge is -2.24. The zero-order valence-electron chi connectivity index (χ0n) is 13.8.